The Morgan fingerprint density at radius 2 is 1.93 bits per heavy atom. The van der Waals surface area contributed by atoms with Crippen molar-refractivity contribution in [3.8, 4) is 5.75 Å². The molecule has 2 amide bonds. The zero-order valence-corrected chi connectivity index (χ0v) is 25.3. The van der Waals surface area contributed by atoms with Crippen molar-refractivity contribution in [2.24, 2.45) is 10.9 Å². The van der Waals surface area contributed by atoms with Gasteiger partial charge in [0.15, 0.2) is 5.65 Å². The predicted molar refractivity (Wildman–Crippen MR) is 166 cm³/mol. The van der Waals surface area contributed by atoms with E-state index in [1.165, 1.54) is 19.3 Å². The van der Waals surface area contributed by atoms with Gasteiger partial charge in [-0.15, -0.1) is 11.3 Å². The fourth-order valence-corrected chi connectivity index (χ4v) is 7.08. The van der Waals surface area contributed by atoms with Gasteiger partial charge in [0.05, 0.1) is 11.7 Å². The molecule has 3 aromatic heterocycles. The topological polar surface area (TPSA) is 105 Å². The van der Waals surface area contributed by atoms with Gasteiger partial charge in [-0.3, -0.25) is 14.5 Å². The lowest BCUT2D eigenvalue weighted by Crippen LogP contribution is -2.38. The number of pyridine rings is 1. The Morgan fingerprint density at radius 3 is 2.71 bits per heavy atom. The fourth-order valence-electron chi connectivity index (χ4n) is 6.25. The first-order valence-electron chi connectivity index (χ1n) is 15.3. The quantitative estimate of drug-likeness (QED) is 0.285. The highest BCUT2D eigenvalue weighted by Gasteiger charge is 2.29. The number of imidazole rings is 1. The number of thiophene rings is 1. The second-order valence-electron chi connectivity index (χ2n) is 11.9. The van der Waals surface area contributed by atoms with Crippen LogP contribution >= 0.6 is 11.3 Å². The molecule has 0 atom stereocenters. The van der Waals surface area contributed by atoms with Gasteiger partial charge in [0.25, 0.3) is 5.91 Å². The van der Waals surface area contributed by atoms with Crippen LogP contribution in [0.1, 0.15) is 75.2 Å². The Kier molecular flexibility index (Phi) is 8.71. The van der Waals surface area contributed by atoms with Crippen molar-refractivity contribution in [1.82, 2.24) is 24.8 Å². The standard InChI is InChI=1S/C32H40N6O3S/c1-21(2)34-30(39)23-8-10-25(11-9-23)38-27-19-26(41-16-15-37-13-4-3-5-14-37)20-33-29(27)35-32(38)36-31(40)24-7-6-22-12-17-42-28(22)18-24/h6-7,12,17-21,23,25H,3-5,8-11,13-16H2,1-2H3,(H,34,39)(H,33,35,36,40)/t23-,25+. The number of piperidine rings is 1. The highest BCUT2D eigenvalue weighted by molar-refractivity contribution is 7.17. The molecule has 2 fully saturated rings. The summed E-state index contributed by atoms with van der Waals surface area (Å²) in [5.41, 5.74) is 2.56. The van der Waals surface area contributed by atoms with Gasteiger partial charge >= 0.3 is 0 Å². The molecule has 1 aromatic carbocycles. The molecule has 9 nitrogen and oxygen atoms in total. The number of carbonyl (C=O) groups is 2. The van der Waals surface area contributed by atoms with Crippen molar-refractivity contribution < 1.29 is 14.3 Å². The number of nitrogens with zero attached hydrogens (tertiary/aromatic N) is 4. The number of hydrogen-bond acceptors (Lipinski definition) is 6. The Labute approximate surface area is 250 Å². The number of aromatic amines is 1. The number of ether oxygens (including phenoxy) is 1. The summed E-state index contributed by atoms with van der Waals surface area (Å²) >= 11 is 1.61. The van der Waals surface area contributed by atoms with Crippen LogP contribution in [0, 0.1) is 5.92 Å². The lowest BCUT2D eigenvalue weighted by Gasteiger charge is -2.29. The van der Waals surface area contributed by atoms with E-state index in [4.69, 9.17) is 4.74 Å². The maximum absolute atomic E-state index is 13.4. The van der Waals surface area contributed by atoms with Crippen LogP contribution in [0.25, 0.3) is 21.3 Å². The third-order valence-corrected chi connectivity index (χ3v) is 9.34. The fraction of sp³-hybridized carbons (Fsp3) is 0.500. The molecule has 0 spiro atoms. The Morgan fingerprint density at radius 1 is 1.12 bits per heavy atom. The lowest BCUT2D eigenvalue weighted by atomic mass is 9.85. The van der Waals surface area contributed by atoms with Crippen molar-refractivity contribution in [1.29, 1.82) is 0 Å². The molecule has 222 valence electrons. The first-order valence-corrected chi connectivity index (χ1v) is 16.1. The molecule has 1 aliphatic heterocycles. The average molecular weight is 589 g/mol. The second-order valence-corrected chi connectivity index (χ2v) is 12.8. The predicted octanol–water partition coefficient (Wildman–Crippen LogP) is 5.44. The number of hydrogen-bond donors (Lipinski definition) is 2. The van der Waals surface area contributed by atoms with Gasteiger partial charge < -0.3 is 19.6 Å². The number of likely N-dealkylation sites (tertiary alicyclic amines) is 1. The van der Waals surface area contributed by atoms with Gasteiger partial charge in [0, 0.05) is 40.9 Å². The highest BCUT2D eigenvalue weighted by Crippen LogP contribution is 2.34. The number of nitrogens with one attached hydrogen (secondary N) is 2. The van der Waals surface area contributed by atoms with Gasteiger partial charge in [-0.25, -0.2) is 4.98 Å². The highest BCUT2D eigenvalue weighted by atomic mass is 32.1. The maximum atomic E-state index is 13.4. The van der Waals surface area contributed by atoms with Crippen LogP contribution < -0.4 is 15.7 Å². The number of carbonyl (C=O) groups excluding carboxylic acids is 2. The number of rotatable bonds is 8. The lowest BCUT2D eigenvalue weighted by molar-refractivity contribution is -0.126. The van der Waals surface area contributed by atoms with Gasteiger partial charge in [-0.05, 0) is 94.4 Å². The van der Waals surface area contributed by atoms with Crippen LogP contribution in [0.2, 0.25) is 0 Å². The molecule has 1 saturated heterocycles. The molecular formula is C32H40N6O3S. The minimum atomic E-state index is -0.298. The van der Waals surface area contributed by atoms with E-state index in [-0.39, 0.29) is 29.8 Å². The van der Waals surface area contributed by atoms with Crippen LogP contribution in [0.3, 0.4) is 0 Å². The zero-order valence-electron chi connectivity index (χ0n) is 24.5. The van der Waals surface area contributed by atoms with E-state index in [0.717, 1.165) is 60.9 Å². The summed E-state index contributed by atoms with van der Waals surface area (Å²) in [5, 5.41) is 6.21. The first kappa shape index (κ1) is 28.6. The third-order valence-electron chi connectivity index (χ3n) is 8.46. The summed E-state index contributed by atoms with van der Waals surface area (Å²) < 4.78 is 9.33. The molecule has 0 unspecified atom stereocenters. The van der Waals surface area contributed by atoms with Crippen LogP contribution in [-0.4, -0.2) is 63.5 Å². The molecule has 6 rings (SSSR count). The molecule has 4 heterocycles. The Balaban J connectivity index is 1.29. The molecule has 0 bridgehead atoms. The smallest absolute Gasteiger partial charge is 0.280 e. The van der Waals surface area contributed by atoms with Crippen molar-refractivity contribution in [2.75, 3.05) is 26.2 Å². The van der Waals surface area contributed by atoms with E-state index in [1.807, 2.05) is 49.6 Å². The van der Waals surface area contributed by atoms with E-state index < -0.39 is 0 Å². The molecule has 0 radical (unpaired) electrons. The minimum Gasteiger partial charge on any atom is -0.491 e. The number of benzene rings is 1. The van der Waals surface area contributed by atoms with E-state index in [9.17, 15) is 9.59 Å². The van der Waals surface area contributed by atoms with Crippen LogP contribution in [-0.2, 0) is 4.79 Å². The molecule has 42 heavy (non-hydrogen) atoms. The molecule has 1 aliphatic carbocycles. The summed E-state index contributed by atoms with van der Waals surface area (Å²) in [6.45, 7) is 7.76. The monoisotopic (exact) mass is 588 g/mol. The van der Waals surface area contributed by atoms with Crippen LogP contribution in [0.5, 0.6) is 5.75 Å². The van der Waals surface area contributed by atoms with Crippen molar-refractivity contribution >= 4 is 44.4 Å². The third kappa shape index (κ3) is 6.44. The molecule has 10 heteroatoms. The summed E-state index contributed by atoms with van der Waals surface area (Å²) in [6, 6.07) is 9.97. The number of amides is 2. The Bertz CT molecular complexity index is 1620. The van der Waals surface area contributed by atoms with Crippen LogP contribution in [0.4, 0.5) is 0 Å². The normalized spacial score (nSPS) is 20.4. The number of fused-ring (bicyclic) bond motifs is 2. The number of H-pyrrole nitrogens is 1. The Hall–Kier alpha value is -3.50. The van der Waals surface area contributed by atoms with E-state index >= 15 is 0 Å². The van der Waals surface area contributed by atoms with Gasteiger partial charge in [0.1, 0.15) is 12.4 Å². The van der Waals surface area contributed by atoms with Crippen molar-refractivity contribution in [3.05, 3.63) is 53.1 Å². The van der Waals surface area contributed by atoms with Gasteiger partial charge in [-0.1, -0.05) is 12.5 Å². The van der Waals surface area contributed by atoms with Crippen LogP contribution in [0.15, 0.2) is 46.9 Å². The summed E-state index contributed by atoms with van der Waals surface area (Å²) in [7, 11) is 0. The van der Waals surface area contributed by atoms with E-state index in [0.29, 0.717) is 29.2 Å². The SMILES string of the molecule is CC(C)NC(=O)[C@H]1CC[C@@H](n2/c(=N/C(=O)c3ccc4ccsc4c3)[nH]c3ncc(OCCN4CCCCC4)cc32)CC1. The molecule has 2 N–H and O–H groups in total. The second kappa shape index (κ2) is 12.8. The van der Waals surface area contributed by atoms with Crippen molar-refractivity contribution in [3.63, 3.8) is 0 Å². The molecule has 4 aromatic rings. The van der Waals surface area contributed by atoms with E-state index in [2.05, 4.69) is 29.7 Å². The molecule has 1 saturated carbocycles. The average Bonchev–Trinajstić information content (AvgIpc) is 3.61. The van der Waals surface area contributed by atoms with Gasteiger partial charge in [-0.2, -0.15) is 4.99 Å². The van der Waals surface area contributed by atoms with Gasteiger partial charge in [0.2, 0.25) is 11.5 Å². The largest absolute Gasteiger partial charge is 0.491 e. The summed E-state index contributed by atoms with van der Waals surface area (Å²) in [4.78, 5) is 41.1. The summed E-state index contributed by atoms with van der Waals surface area (Å²) in [5.74, 6) is 0.537. The maximum Gasteiger partial charge on any atom is 0.280 e. The number of aromatic nitrogens is 3. The molecular weight excluding hydrogens is 548 g/mol. The minimum absolute atomic E-state index is 0.000747. The van der Waals surface area contributed by atoms with Crippen molar-refractivity contribution in [2.45, 2.75) is 70.9 Å². The molecule has 2 aliphatic rings. The first-order chi connectivity index (χ1) is 20.4. The summed E-state index contributed by atoms with van der Waals surface area (Å²) in [6.07, 6.45) is 8.75. The zero-order chi connectivity index (χ0) is 29.1. The van der Waals surface area contributed by atoms with E-state index in [1.54, 1.807) is 17.5 Å².